The molecule has 0 aliphatic rings. The van der Waals surface area contributed by atoms with E-state index in [2.05, 4.69) is 10.6 Å². The number of carbonyl (C=O) groups excluding carboxylic acids is 2. The second-order valence-corrected chi connectivity index (χ2v) is 8.56. The molecule has 8 nitrogen and oxygen atoms in total. The van der Waals surface area contributed by atoms with Crippen molar-refractivity contribution in [2.45, 2.75) is 32.1 Å². The molecule has 168 valence electrons. The van der Waals surface area contributed by atoms with E-state index in [0.717, 1.165) is 5.56 Å². The molecular formula is C22H29N3O5S. The van der Waals surface area contributed by atoms with E-state index >= 15 is 0 Å². The van der Waals surface area contributed by atoms with Gasteiger partial charge in [-0.3, -0.25) is 9.59 Å². The molecule has 0 radical (unpaired) electrons. The van der Waals surface area contributed by atoms with Crippen molar-refractivity contribution in [3.05, 3.63) is 54.1 Å². The third-order valence-corrected chi connectivity index (χ3v) is 6.67. The third-order valence-electron chi connectivity index (χ3n) is 4.61. The number of hydrogen-bond donors (Lipinski definition) is 2. The summed E-state index contributed by atoms with van der Waals surface area (Å²) >= 11 is 0. The van der Waals surface area contributed by atoms with E-state index in [9.17, 15) is 18.0 Å². The zero-order valence-electron chi connectivity index (χ0n) is 18.1. The Hall–Kier alpha value is -2.91. The van der Waals surface area contributed by atoms with Gasteiger partial charge in [0.1, 0.15) is 5.75 Å². The van der Waals surface area contributed by atoms with Crippen molar-refractivity contribution in [2.24, 2.45) is 0 Å². The van der Waals surface area contributed by atoms with E-state index in [1.165, 1.54) is 4.31 Å². The van der Waals surface area contributed by atoms with Gasteiger partial charge >= 0.3 is 11.8 Å². The molecule has 2 rings (SSSR count). The lowest BCUT2D eigenvalue weighted by atomic mass is 10.1. The van der Waals surface area contributed by atoms with Crippen molar-refractivity contribution in [1.82, 2.24) is 9.62 Å². The zero-order valence-corrected chi connectivity index (χ0v) is 18.9. The normalized spacial score (nSPS) is 11.2. The summed E-state index contributed by atoms with van der Waals surface area (Å²) in [4.78, 5) is 24.5. The number of benzene rings is 2. The minimum absolute atomic E-state index is 0.233. The predicted octanol–water partition coefficient (Wildman–Crippen LogP) is 2.41. The Morgan fingerprint density at radius 3 is 2.19 bits per heavy atom. The average molecular weight is 448 g/mol. The van der Waals surface area contributed by atoms with Crippen LogP contribution in [-0.2, 0) is 26.0 Å². The number of ether oxygens (including phenoxy) is 1. The van der Waals surface area contributed by atoms with E-state index in [1.807, 2.05) is 6.92 Å². The van der Waals surface area contributed by atoms with Crippen LogP contribution in [0.5, 0.6) is 5.75 Å². The average Bonchev–Trinajstić information content (AvgIpc) is 2.76. The Morgan fingerprint density at radius 2 is 1.58 bits per heavy atom. The van der Waals surface area contributed by atoms with Crippen LogP contribution in [0.15, 0.2) is 53.4 Å². The highest BCUT2D eigenvalue weighted by Gasteiger charge is 2.21. The fourth-order valence-corrected chi connectivity index (χ4v) is 4.43. The minimum Gasteiger partial charge on any atom is -0.492 e. The van der Waals surface area contributed by atoms with Gasteiger partial charge in [0, 0.05) is 19.6 Å². The van der Waals surface area contributed by atoms with Crippen LogP contribution in [0.4, 0.5) is 5.69 Å². The Balaban J connectivity index is 1.89. The van der Waals surface area contributed by atoms with Crippen molar-refractivity contribution >= 4 is 27.5 Å². The molecule has 9 heteroatoms. The summed E-state index contributed by atoms with van der Waals surface area (Å²) in [5.74, 6) is -1.05. The second kappa shape index (κ2) is 11.5. The quantitative estimate of drug-likeness (QED) is 0.544. The predicted molar refractivity (Wildman–Crippen MR) is 120 cm³/mol. The van der Waals surface area contributed by atoms with Crippen molar-refractivity contribution in [3.63, 3.8) is 0 Å². The number of rotatable bonds is 10. The molecule has 0 fully saturated rings. The molecule has 0 aliphatic heterocycles. The third kappa shape index (κ3) is 6.53. The molecule has 0 aliphatic carbocycles. The van der Waals surface area contributed by atoms with E-state index in [4.69, 9.17) is 4.74 Å². The highest BCUT2D eigenvalue weighted by molar-refractivity contribution is 7.89. The number of hydrogen-bond acceptors (Lipinski definition) is 5. The summed E-state index contributed by atoms with van der Waals surface area (Å²) in [5, 5.41) is 5.11. The summed E-state index contributed by atoms with van der Waals surface area (Å²) < 4.78 is 31.8. The molecule has 2 N–H and O–H groups in total. The van der Waals surface area contributed by atoms with Crippen LogP contribution >= 0.6 is 0 Å². The van der Waals surface area contributed by atoms with Crippen molar-refractivity contribution in [1.29, 1.82) is 0 Å². The van der Waals surface area contributed by atoms with Gasteiger partial charge in [0.25, 0.3) is 0 Å². The van der Waals surface area contributed by atoms with Crippen molar-refractivity contribution < 1.29 is 22.7 Å². The highest BCUT2D eigenvalue weighted by atomic mass is 32.2. The number of nitrogens with one attached hydrogen (secondary N) is 2. The molecule has 0 saturated carbocycles. The van der Waals surface area contributed by atoms with Crippen LogP contribution in [-0.4, -0.2) is 50.8 Å². The Bertz CT molecular complexity index is 986. The van der Waals surface area contributed by atoms with Crippen LogP contribution < -0.4 is 15.4 Å². The molecular weight excluding hydrogens is 418 g/mol. The number of nitrogens with zero attached hydrogens (tertiary/aromatic N) is 1. The van der Waals surface area contributed by atoms with Gasteiger partial charge in [-0.1, -0.05) is 38.1 Å². The molecule has 0 unspecified atom stereocenters. The monoisotopic (exact) mass is 447 g/mol. The van der Waals surface area contributed by atoms with Gasteiger partial charge < -0.3 is 15.4 Å². The van der Waals surface area contributed by atoms with E-state index in [1.54, 1.807) is 62.4 Å². The summed E-state index contributed by atoms with van der Waals surface area (Å²) in [6.45, 7) is 6.91. The molecule has 2 aromatic rings. The SMILES string of the molecule is CCOc1ccccc1NC(=O)C(=O)NCCc1ccc(S(=O)(=O)N(CC)CC)cc1. The lowest BCUT2D eigenvalue weighted by Gasteiger charge is -2.18. The molecule has 0 aromatic heterocycles. The van der Waals surface area contributed by atoms with Gasteiger partial charge in [-0.2, -0.15) is 4.31 Å². The Labute approximate surface area is 183 Å². The molecule has 0 saturated heterocycles. The van der Waals surface area contributed by atoms with Crippen LogP contribution in [0, 0.1) is 0 Å². The second-order valence-electron chi connectivity index (χ2n) is 6.62. The molecule has 0 bridgehead atoms. The number of amides is 2. The lowest BCUT2D eigenvalue weighted by molar-refractivity contribution is -0.136. The fourth-order valence-electron chi connectivity index (χ4n) is 2.97. The van der Waals surface area contributed by atoms with Crippen molar-refractivity contribution in [2.75, 3.05) is 31.6 Å². The van der Waals surface area contributed by atoms with Gasteiger partial charge in [-0.25, -0.2) is 8.42 Å². The summed E-state index contributed by atoms with van der Waals surface area (Å²) in [6.07, 6.45) is 0.458. The molecule has 0 atom stereocenters. The number of para-hydroxylation sites is 2. The van der Waals surface area contributed by atoms with Gasteiger partial charge in [0.05, 0.1) is 17.2 Å². The lowest BCUT2D eigenvalue weighted by Crippen LogP contribution is -2.36. The van der Waals surface area contributed by atoms with Crippen LogP contribution in [0.2, 0.25) is 0 Å². The highest BCUT2D eigenvalue weighted by Crippen LogP contribution is 2.23. The Morgan fingerprint density at radius 1 is 0.935 bits per heavy atom. The van der Waals surface area contributed by atoms with Crippen molar-refractivity contribution in [3.8, 4) is 5.75 Å². The molecule has 0 spiro atoms. The van der Waals surface area contributed by atoms with Crippen LogP contribution in [0.3, 0.4) is 0 Å². The summed E-state index contributed by atoms with van der Waals surface area (Å²) in [5.41, 5.74) is 1.27. The first-order chi connectivity index (χ1) is 14.8. The largest absolute Gasteiger partial charge is 0.492 e. The molecule has 2 amide bonds. The maximum atomic E-state index is 12.5. The number of anilines is 1. The smallest absolute Gasteiger partial charge is 0.313 e. The first kappa shape index (κ1) is 24.4. The minimum atomic E-state index is -3.50. The number of sulfonamides is 1. The van der Waals surface area contributed by atoms with E-state index < -0.39 is 21.8 Å². The maximum Gasteiger partial charge on any atom is 0.313 e. The van der Waals surface area contributed by atoms with Gasteiger partial charge in [0.2, 0.25) is 10.0 Å². The number of carbonyl (C=O) groups is 2. The fraction of sp³-hybridized carbons (Fsp3) is 0.364. The molecule has 2 aromatic carbocycles. The summed E-state index contributed by atoms with van der Waals surface area (Å²) in [7, 11) is -3.50. The van der Waals surface area contributed by atoms with E-state index in [-0.39, 0.29) is 11.4 Å². The zero-order chi connectivity index (χ0) is 22.9. The van der Waals surface area contributed by atoms with E-state index in [0.29, 0.717) is 37.6 Å². The van der Waals surface area contributed by atoms with Gasteiger partial charge in [0.15, 0.2) is 0 Å². The van der Waals surface area contributed by atoms with Crippen LogP contribution in [0.25, 0.3) is 0 Å². The van der Waals surface area contributed by atoms with Crippen LogP contribution in [0.1, 0.15) is 26.3 Å². The first-order valence-corrected chi connectivity index (χ1v) is 11.7. The topological polar surface area (TPSA) is 105 Å². The maximum absolute atomic E-state index is 12.5. The standard InChI is InChI=1S/C22H29N3O5S/c1-4-25(5-2)31(28,29)18-13-11-17(12-14-18)15-16-23-21(26)22(27)24-19-9-7-8-10-20(19)30-6-3/h7-14H,4-6,15-16H2,1-3H3,(H,23,26)(H,24,27). The summed E-state index contributed by atoms with van der Waals surface area (Å²) in [6, 6.07) is 13.4. The molecule has 0 heterocycles. The van der Waals surface area contributed by atoms with Gasteiger partial charge in [-0.05, 0) is 43.2 Å². The Kier molecular flexibility index (Phi) is 9.02. The molecule has 31 heavy (non-hydrogen) atoms. The van der Waals surface area contributed by atoms with Gasteiger partial charge in [-0.15, -0.1) is 0 Å². The first-order valence-electron chi connectivity index (χ1n) is 10.2.